The van der Waals surface area contributed by atoms with Gasteiger partial charge in [0.05, 0.1) is 6.10 Å². The standard InChI is InChI=1S/C22H25N3O.2ClH/c26-19(9-8-17-5-2-1-3-6-17)16-25-13-10-18(11-14-25)21-15-24-22-20(21)7-4-12-23-22;;/h1-7,10,12,15,19,26H,8-9,11,13-14,16H2,(H,23,24);2*1H. The van der Waals surface area contributed by atoms with E-state index < -0.39 is 0 Å². The Morgan fingerprint density at radius 1 is 1.11 bits per heavy atom. The average Bonchev–Trinajstić information content (AvgIpc) is 3.12. The molecule has 4 nitrogen and oxygen atoms in total. The Morgan fingerprint density at radius 2 is 1.93 bits per heavy atom. The number of hydrogen-bond donors (Lipinski definition) is 2. The number of aliphatic hydroxyl groups is 1. The van der Waals surface area contributed by atoms with Crippen LogP contribution in [0.2, 0.25) is 0 Å². The number of aryl methyl sites for hydroxylation is 1. The van der Waals surface area contributed by atoms with Crippen LogP contribution in [0.4, 0.5) is 0 Å². The number of fused-ring (bicyclic) bond motifs is 1. The number of benzene rings is 1. The van der Waals surface area contributed by atoms with Crippen LogP contribution < -0.4 is 0 Å². The molecular weight excluding hydrogens is 393 g/mol. The summed E-state index contributed by atoms with van der Waals surface area (Å²) in [6.07, 6.45) is 8.65. The van der Waals surface area contributed by atoms with E-state index in [0.29, 0.717) is 0 Å². The maximum atomic E-state index is 10.4. The van der Waals surface area contributed by atoms with Crippen LogP contribution in [0.1, 0.15) is 24.0 Å². The number of β-amino-alcohol motifs (C(OH)–C–C–N with tert-alkyl or cyclic N) is 1. The number of aliphatic hydroxyl groups excluding tert-OH is 1. The van der Waals surface area contributed by atoms with Gasteiger partial charge in [0.15, 0.2) is 0 Å². The Morgan fingerprint density at radius 3 is 2.68 bits per heavy atom. The quantitative estimate of drug-likeness (QED) is 0.618. The molecule has 1 atom stereocenters. The molecular formula is C22H27Cl2N3O. The lowest BCUT2D eigenvalue weighted by Crippen LogP contribution is -2.35. The molecule has 1 aliphatic heterocycles. The Labute approximate surface area is 178 Å². The van der Waals surface area contributed by atoms with Gasteiger partial charge in [-0.3, -0.25) is 4.90 Å². The third kappa shape index (κ3) is 5.36. The fourth-order valence-corrected chi connectivity index (χ4v) is 3.71. The monoisotopic (exact) mass is 419 g/mol. The Balaban J connectivity index is 0.00000140. The molecule has 0 spiro atoms. The second-order valence-corrected chi connectivity index (χ2v) is 7.02. The number of aromatic amines is 1. The summed E-state index contributed by atoms with van der Waals surface area (Å²) in [5.41, 5.74) is 4.87. The normalized spacial score (nSPS) is 15.4. The lowest BCUT2D eigenvalue weighted by molar-refractivity contribution is 0.111. The van der Waals surface area contributed by atoms with Crippen molar-refractivity contribution in [2.75, 3.05) is 19.6 Å². The molecule has 0 saturated carbocycles. The average molecular weight is 420 g/mol. The topological polar surface area (TPSA) is 52.1 Å². The highest BCUT2D eigenvalue weighted by molar-refractivity contribution is 5.90. The molecule has 1 aromatic carbocycles. The first kappa shape index (κ1) is 22.4. The fourth-order valence-electron chi connectivity index (χ4n) is 3.71. The van der Waals surface area contributed by atoms with Gasteiger partial charge >= 0.3 is 0 Å². The molecule has 2 N–H and O–H groups in total. The second-order valence-electron chi connectivity index (χ2n) is 7.02. The van der Waals surface area contributed by atoms with Crippen LogP contribution in [0.25, 0.3) is 16.6 Å². The number of rotatable bonds is 6. The number of pyridine rings is 1. The van der Waals surface area contributed by atoms with Crippen molar-refractivity contribution < 1.29 is 5.11 Å². The lowest BCUT2D eigenvalue weighted by Gasteiger charge is -2.28. The Bertz CT molecular complexity index is 895. The van der Waals surface area contributed by atoms with Crippen molar-refractivity contribution in [3.05, 3.63) is 72.1 Å². The highest BCUT2D eigenvalue weighted by Gasteiger charge is 2.18. The zero-order chi connectivity index (χ0) is 17.8. The van der Waals surface area contributed by atoms with Crippen molar-refractivity contribution in [1.82, 2.24) is 14.9 Å². The fraction of sp³-hybridized carbons (Fsp3) is 0.318. The van der Waals surface area contributed by atoms with E-state index in [0.717, 1.165) is 44.5 Å². The van der Waals surface area contributed by atoms with E-state index in [1.165, 1.54) is 22.1 Å². The van der Waals surface area contributed by atoms with Gasteiger partial charge in [0, 0.05) is 43.0 Å². The van der Waals surface area contributed by atoms with E-state index in [1.807, 2.05) is 18.3 Å². The maximum Gasteiger partial charge on any atom is 0.137 e. The van der Waals surface area contributed by atoms with Crippen LogP contribution >= 0.6 is 24.8 Å². The molecule has 6 heteroatoms. The Hall–Kier alpha value is -1.85. The van der Waals surface area contributed by atoms with Gasteiger partial charge in [-0.2, -0.15) is 0 Å². The summed E-state index contributed by atoms with van der Waals surface area (Å²) in [6, 6.07) is 14.5. The number of H-pyrrole nitrogens is 1. The van der Waals surface area contributed by atoms with Crippen LogP contribution in [-0.2, 0) is 6.42 Å². The zero-order valence-electron chi connectivity index (χ0n) is 15.8. The highest BCUT2D eigenvalue weighted by Crippen LogP contribution is 2.28. The number of nitrogens with zero attached hydrogens (tertiary/aromatic N) is 2. The molecule has 0 radical (unpaired) electrons. The van der Waals surface area contributed by atoms with E-state index in [2.05, 4.69) is 57.5 Å². The molecule has 0 fully saturated rings. The predicted molar refractivity (Wildman–Crippen MR) is 120 cm³/mol. The van der Waals surface area contributed by atoms with Gasteiger partial charge in [-0.1, -0.05) is 36.4 Å². The zero-order valence-corrected chi connectivity index (χ0v) is 17.4. The van der Waals surface area contributed by atoms with E-state index in [9.17, 15) is 5.11 Å². The summed E-state index contributed by atoms with van der Waals surface area (Å²) in [5.74, 6) is 0. The molecule has 3 heterocycles. The molecule has 0 amide bonds. The predicted octanol–water partition coefficient (Wildman–Crippen LogP) is 4.49. The number of aromatic nitrogens is 2. The summed E-state index contributed by atoms with van der Waals surface area (Å²) in [4.78, 5) is 9.97. The third-order valence-corrected chi connectivity index (χ3v) is 5.17. The number of halogens is 2. The SMILES string of the molecule is Cl.Cl.OC(CCc1ccccc1)CN1CC=C(c2c[nH]c3ncccc23)CC1. The van der Waals surface area contributed by atoms with Gasteiger partial charge in [-0.25, -0.2) is 4.98 Å². The van der Waals surface area contributed by atoms with Crippen molar-refractivity contribution >= 4 is 41.4 Å². The minimum absolute atomic E-state index is 0. The van der Waals surface area contributed by atoms with E-state index in [4.69, 9.17) is 0 Å². The molecule has 0 bridgehead atoms. The van der Waals surface area contributed by atoms with Crippen molar-refractivity contribution in [3.8, 4) is 0 Å². The van der Waals surface area contributed by atoms with Crippen molar-refractivity contribution in [2.24, 2.45) is 0 Å². The summed E-state index contributed by atoms with van der Waals surface area (Å²) in [6.45, 7) is 2.62. The first-order valence-electron chi connectivity index (χ1n) is 9.35. The molecule has 0 saturated heterocycles. The highest BCUT2D eigenvalue weighted by atomic mass is 35.5. The minimum atomic E-state index is -0.276. The molecule has 28 heavy (non-hydrogen) atoms. The largest absolute Gasteiger partial charge is 0.392 e. The van der Waals surface area contributed by atoms with Crippen LogP contribution in [-0.4, -0.2) is 45.7 Å². The first-order chi connectivity index (χ1) is 12.8. The lowest BCUT2D eigenvalue weighted by atomic mass is 9.99. The summed E-state index contributed by atoms with van der Waals surface area (Å²) in [5, 5.41) is 11.6. The second kappa shape index (κ2) is 10.6. The number of nitrogens with one attached hydrogen (secondary N) is 1. The van der Waals surface area contributed by atoms with Crippen LogP contribution in [0.3, 0.4) is 0 Å². The summed E-state index contributed by atoms with van der Waals surface area (Å²) in [7, 11) is 0. The van der Waals surface area contributed by atoms with Crippen molar-refractivity contribution in [1.29, 1.82) is 0 Å². The molecule has 2 aromatic heterocycles. The molecule has 1 unspecified atom stereocenters. The number of hydrogen-bond acceptors (Lipinski definition) is 3. The van der Waals surface area contributed by atoms with E-state index in [-0.39, 0.29) is 30.9 Å². The molecule has 150 valence electrons. The third-order valence-electron chi connectivity index (χ3n) is 5.17. The van der Waals surface area contributed by atoms with Crippen molar-refractivity contribution in [3.63, 3.8) is 0 Å². The van der Waals surface area contributed by atoms with Gasteiger partial charge in [0.25, 0.3) is 0 Å². The molecule has 3 aromatic rings. The Kier molecular flexibility index (Phi) is 8.52. The smallest absolute Gasteiger partial charge is 0.137 e. The maximum absolute atomic E-state index is 10.4. The van der Waals surface area contributed by atoms with Gasteiger partial charge in [-0.15, -0.1) is 24.8 Å². The van der Waals surface area contributed by atoms with Gasteiger partial charge in [0.1, 0.15) is 5.65 Å². The van der Waals surface area contributed by atoms with Gasteiger partial charge in [0.2, 0.25) is 0 Å². The summed E-state index contributed by atoms with van der Waals surface area (Å²) < 4.78 is 0. The van der Waals surface area contributed by atoms with Crippen molar-refractivity contribution in [2.45, 2.75) is 25.4 Å². The van der Waals surface area contributed by atoms with E-state index >= 15 is 0 Å². The molecule has 0 aliphatic carbocycles. The minimum Gasteiger partial charge on any atom is -0.392 e. The van der Waals surface area contributed by atoms with Gasteiger partial charge < -0.3 is 10.1 Å². The molecule has 1 aliphatic rings. The molecule has 4 rings (SSSR count). The van der Waals surface area contributed by atoms with Crippen LogP contribution in [0.15, 0.2) is 60.9 Å². The van der Waals surface area contributed by atoms with Crippen LogP contribution in [0.5, 0.6) is 0 Å². The van der Waals surface area contributed by atoms with Gasteiger partial charge in [-0.05, 0) is 42.5 Å². The van der Waals surface area contributed by atoms with E-state index in [1.54, 1.807) is 0 Å². The first-order valence-corrected chi connectivity index (χ1v) is 9.35. The van der Waals surface area contributed by atoms with Crippen LogP contribution in [0, 0.1) is 0 Å². The summed E-state index contributed by atoms with van der Waals surface area (Å²) >= 11 is 0.